The number of hydrogen-bond donors (Lipinski definition) is 1. The Hall–Kier alpha value is -2.14. The molecule has 0 saturated carbocycles. The first-order valence-corrected chi connectivity index (χ1v) is 7.57. The van der Waals surface area contributed by atoms with Gasteiger partial charge in [-0.05, 0) is 23.8 Å². The van der Waals surface area contributed by atoms with E-state index in [0.29, 0.717) is 12.0 Å². The van der Waals surface area contributed by atoms with Crippen LogP contribution in [0.15, 0.2) is 59.1 Å². The van der Waals surface area contributed by atoms with Crippen LogP contribution >= 0.6 is 15.9 Å². The largest absolute Gasteiger partial charge is 0.467 e. The zero-order valence-corrected chi connectivity index (χ0v) is 13.7. The standard InChI is InChI=1S/C17H16BrNO3/c1-22-17(21)15(10-12-6-3-2-4-7-12)19-16(20)13-8-5-9-14(18)11-13/h2-9,11,15H,10H2,1H3,(H,19,20)/t15-/m0/s1. The number of amides is 1. The molecule has 0 aliphatic carbocycles. The molecule has 1 amide bonds. The zero-order chi connectivity index (χ0) is 15.9. The van der Waals surface area contributed by atoms with Crippen molar-refractivity contribution < 1.29 is 14.3 Å². The molecule has 0 aliphatic rings. The van der Waals surface area contributed by atoms with Gasteiger partial charge in [0.25, 0.3) is 5.91 Å². The average molecular weight is 362 g/mol. The number of methoxy groups -OCH3 is 1. The van der Waals surface area contributed by atoms with E-state index in [1.165, 1.54) is 7.11 Å². The molecular weight excluding hydrogens is 346 g/mol. The van der Waals surface area contributed by atoms with Gasteiger partial charge in [0, 0.05) is 16.5 Å². The van der Waals surface area contributed by atoms with Crippen molar-refractivity contribution >= 4 is 27.8 Å². The Morgan fingerprint density at radius 2 is 1.86 bits per heavy atom. The van der Waals surface area contributed by atoms with Crippen LogP contribution in [-0.2, 0) is 16.0 Å². The molecular formula is C17H16BrNO3. The lowest BCUT2D eigenvalue weighted by molar-refractivity contribution is -0.142. The molecule has 0 bridgehead atoms. The second-order valence-electron chi connectivity index (χ2n) is 4.75. The number of hydrogen-bond acceptors (Lipinski definition) is 3. The summed E-state index contributed by atoms with van der Waals surface area (Å²) in [5, 5.41) is 2.73. The van der Waals surface area contributed by atoms with Gasteiger partial charge in [-0.1, -0.05) is 52.3 Å². The topological polar surface area (TPSA) is 55.4 Å². The lowest BCUT2D eigenvalue weighted by Gasteiger charge is -2.16. The van der Waals surface area contributed by atoms with Crippen molar-refractivity contribution in [3.8, 4) is 0 Å². The summed E-state index contributed by atoms with van der Waals surface area (Å²) < 4.78 is 5.59. The molecule has 22 heavy (non-hydrogen) atoms. The average Bonchev–Trinajstić information content (AvgIpc) is 2.54. The summed E-state index contributed by atoms with van der Waals surface area (Å²) in [5.74, 6) is -0.778. The van der Waals surface area contributed by atoms with Crippen molar-refractivity contribution in [2.75, 3.05) is 7.11 Å². The Kier molecular flexibility index (Phi) is 5.72. The van der Waals surface area contributed by atoms with E-state index < -0.39 is 12.0 Å². The molecule has 1 N–H and O–H groups in total. The van der Waals surface area contributed by atoms with Crippen molar-refractivity contribution in [3.05, 3.63) is 70.2 Å². The third kappa shape index (κ3) is 4.43. The fourth-order valence-corrected chi connectivity index (χ4v) is 2.46. The van der Waals surface area contributed by atoms with Gasteiger partial charge in [0.05, 0.1) is 7.11 Å². The Bertz CT molecular complexity index is 658. The molecule has 2 aromatic rings. The highest BCUT2D eigenvalue weighted by Crippen LogP contribution is 2.12. The minimum Gasteiger partial charge on any atom is -0.467 e. The van der Waals surface area contributed by atoms with Crippen molar-refractivity contribution in [2.45, 2.75) is 12.5 Å². The SMILES string of the molecule is COC(=O)[C@H](Cc1ccccc1)NC(=O)c1cccc(Br)c1. The number of carbonyl (C=O) groups is 2. The second kappa shape index (κ2) is 7.75. The molecule has 0 saturated heterocycles. The fourth-order valence-electron chi connectivity index (χ4n) is 2.06. The lowest BCUT2D eigenvalue weighted by atomic mass is 10.1. The highest BCUT2D eigenvalue weighted by Gasteiger charge is 2.22. The molecule has 0 radical (unpaired) electrons. The normalized spacial score (nSPS) is 11.5. The minimum absolute atomic E-state index is 0.312. The number of benzene rings is 2. The highest BCUT2D eigenvalue weighted by molar-refractivity contribution is 9.10. The summed E-state index contributed by atoms with van der Waals surface area (Å²) in [6.07, 6.45) is 0.382. The molecule has 0 aliphatic heterocycles. The predicted octanol–water partition coefficient (Wildman–Crippen LogP) is 2.96. The van der Waals surface area contributed by atoms with Gasteiger partial charge in [-0.15, -0.1) is 0 Å². The molecule has 1 atom stereocenters. The lowest BCUT2D eigenvalue weighted by Crippen LogP contribution is -2.43. The fraction of sp³-hybridized carbons (Fsp3) is 0.176. The Morgan fingerprint density at radius 1 is 1.14 bits per heavy atom. The summed E-state index contributed by atoms with van der Waals surface area (Å²) in [6.45, 7) is 0. The van der Waals surface area contributed by atoms with Crippen molar-refractivity contribution in [1.29, 1.82) is 0 Å². The maximum absolute atomic E-state index is 12.3. The van der Waals surface area contributed by atoms with Gasteiger partial charge in [0.2, 0.25) is 0 Å². The molecule has 0 spiro atoms. The van der Waals surface area contributed by atoms with Gasteiger partial charge in [0.15, 0.2) is 0 Å². The van der Waals surface area contributed by atoms with E-state index in [1.807, 2.05) is 36.4 Å². The molecule has 114 valence electrons. The van der Waals surface area contributed by atoms with Crippen molar-refractivity contribution in [3.63, 3.8) is 0 Å². The van der Waals surface area contributed by atoms with Crippen molar-refractivity contribution in [1.82, 2.24) is 5.32 Å². The van der Waals surface area contributed by atoms with Crippen LogP contribution in [0.5, 0.6) is 0 Å². The molecule has 2 rings (SSSR count). The van der Waals surface area contributed by atoms with E-state index in [2.05, 4.69) is 21.2 Å². The van der Waals surface area contributed by atoms with E-state index in [-0.39, 0.29) is 5.91 Å². The Balaban J connectivity index is 2.13. The van der Waals surface area contributed by atoms with Gasteiger partial charge >= 0.3 is 5.97 Å². The van der Waals surface area contributed by atoms with Gasteiger partial charge in [0.1, 0.15) is 6.04 Å². The van der Waals surface area contributed by atoms with Gasteiger partial charge in [-0.25, -0.2) is 4.79 Å². The van der Waals surface area contributed by atoms with Crippen LogP contribution in [-0.4, -0.2) is 25.0 Å². The molecule has 2 aromatic carbocycles. The van der Waals surface area contributed by atoms with Gasteiger partial charge in [-0.2, -0.15) is 0 Å². The summed E-state index contributed by atoms with van der Waals surface area (Å²) in [7, 11) is 1.31. The van der Waals surface area contributed by atoms with E-state index in [0.717, 1.165) is 10.0 Å². The predicted molar refractivity (Wildman–Crippen MR) is 87.6 cm³/mol. The maximum atomic E-state index is 12.3. The van der Waals surface area contributed by atoms with Crippen LogP contribution in [0.1, 0.15) is 15.9 Å². The van der Waals surface area contributed by atoms with E-state index >= 15 is 0 Å². The van der Waals surface area contributed by atoms with Crippen LogP contribution in [0.2, 0.25) is 0 Å². The highest BCUT2D eigenvalue weighted by atomic mass is 79.9. The molecule has 0 fully saturated rings. The third-order valence-electron chi connectivity index (χ3n) is 3.16. The van der Waals surface area contributed by atoms with E-state index in [4.69, 9.17) is 4.74 Å². The number of nitrogens with one attached hydrogen (secondary N) is 1. The number of halogens is 1. The second-order valence-corrected chi connectivity index (χ2v) is 5.66. The molecule has 5 heteroatoms. The number of ether oxygens (including phenoxy) is 1. The molecule has 4 nitrogen and oxygen atoms in total. The smallest absolute Gasteiger partial charge is 0.328 e. The van der Waals surface area contributed by atoms with Gasteiger partial charge < -0.3 is 10.1 Å². The summed E-state index contributed by atoms with van der Waals surface area (Å²) in [6, 6.07) is 15.8. The number of rotatable bonds is 5. The van der Waals surface area contributed by atoms with Crippen LogP contribution in [0.25, 0.3) is 0 Å². The zero-order valence-electron chi connectivity index (χ0n) is 12.1. The minimum atomic E-state index is -0.723. The number of carbonyl (C=O) groups excluding carboxylic acids is 2. The Labute approximate surface area is 137 Å². The third-order valence-corrected chi connectivity index (χ3v) is 3.65. The van der Waals surface area contributed by atoms with Crippen LogP contribution < -0.4 is 5.32 Å². The number of esters is 1. The van der Waals surface area contributed by atoms with Crippen LogP contribution in [0.4, 0.5) is 0 Å². The first-order chi connectivity index (χ1) is 10.6. The van der Waals surface area contributed by atoms with Gasteiger partial charge in [-0.3, -0.25) is 4.79 Å². The first-order valence-electron chi connectivity index (χ1n) is 6.78. The maximum Gasteiger partial charge on any atom is 0.328 e. The quantitative estimate of drug-likeness (QED) is 0.833. The van der Waals surface area contributed by atoms with Crippen LogP contribution in [0, 0.1) is 0 Å². The van der Waals surface area contributed by atoms with Crippen molar-refractivity contribution in [2.24, 2.45) is 0 Å². The van der Waals surface area contributed by atoms with E-state index in [9.17, 15) is 9.59 Å². The summed E-state index contributed by atoms with van der Waals surface area (Å²) >= 11 is 3.32. The molecule has 0 aromatic heterocycles. The summed E-state index contributed by atoms with van der Waals surface area (Å²) in [5.41, 5.74) is 1.43. The monoisotopic (exact) mass is 361 g/mol. The molecule has 0 unspecified atom stereocenters. The van der Waals surface area contributed by atoms with Crippen LogP contribution in [0.3, 0.4) is 0 Å². The summed E-state index contributed by atoms with van der Waals surface area (Å²) in [4.78, 5) is 24.2. The first kappa shape index (κ1) is 16.2. The van der Waals surface area contributed by atoms with E-state index in [1.54, 1.807) is 18.2 Å². The Morgan fingerprint density at radius 3 is 2.50 bits per heavy atom. The molecule has 0 heterocycles.